The number of fused-ring (bicyclic) bond motifs is 1. The minimum Gasteiger partial charge on any atom is -0.489 e. The van der Waals surface area contributed by atoms with Gasteiger partial charge in [0.05, 0.1) is 7.11 Å². The molecule has 0 saturated heterocycles. The van der Waals surface area contributed by atoms with Crippen molar-refractivity contribution < 1.29 is 19.1 Å². The summed E-state index contributed by atoms with van der Waals surface area (Å²) in [7, 11) is 1.31. The molecule has 0 spiro atoms. The van der Waals surface area contributed by atoms with Crippen LogP contribution >= 0.6 is 0 Å². The van der Waals surface area contributed by atoms with Gasteiger partial charge in [0, 0.05) is 30.1 Å². The van der Waals surface area contributed by atoms with Crippen LogP contribution in [0.3, 0.4) is 0 Å². The van der Waals surface area contributed by atoms with Crippen LogP contribution in [-0.4, -0.2) is 35.4 Å². The Morgan fingerprint density at radius 1 is 1.35 bits per heavy atom. The Hall–Kier alpha value is -2.89. The average molecular weight is 312 g/mol. The molecule has 0 atom stereocenters. The van der Waals surface area contributed by atoms with E-state index in [9.17, 15) is 9.59 Å². The van der Waals surface area contributed by atoms with Gasteiger partial charge in [-0.3, -0.25) is 14.6 Å². The Labute approximate surface area is 133 Å². The molecule has 0 fully saturated rings. The molecule has 6 nitrogen and oxygen atoms in total. The topological polar surface area (TPSA) is 68.7 Å². The zero-order valence-corrected chi connectivity index (χ0v) is 12.7. The number of ether oxygens (including phenoxy) is 2. The van der Waals surface area contributed by atoms with Crippen LogP contribution in [0.1, 0.15) is 21.5 Å². The highest BCUT2D eigenvalue weighted by Gasteiger charge is 2.29. The first-order valence-electron chi connectivity index (χ1n) is 7.18. The van der Waals surface area contributed by atoms with Crippen LogP contribution in [0, 0.1) is 0 Å². The van der Waals surface area contributed by atoms with E-state index in [-0.39, 0.29) is 12.5 Å². The average Bonchev–Trinajstić information content (AvgIpc) is 2.89. The Balaban J connectivity index is 1.68. The molecule has 1 amide bonds. The van der Waals surface area contributed by atoms with Gasteiger partial charge >= 0.3 is 5.97 Å². The number of benzene rings is 1. The van der Waals surface area contributed by atoms with Crippen LogP contribution in [-0.2, 0) is 22.7 Å². The molecular formula is C17H16N2O4. The molecule has 1 aliphatic heterocycles. The fraction of sp³-hybridized carbons (Fsp3) is 0.235. The van der Waals surface area contributed by atoms with E-state index in [1.807, 2.05) is 18.2 Å². The van der Waals surface area contributed by atoms with Crippen molar-refractivity contribution in [2.24, 2.45) is 0 Å². The molecule has 0 unspecified atom stereocenters. The smallest absolute Gasteiger partial charge is 0.325 e. The molecule has 0 bridgehead atoms. The minimum atomic E-state index is -0.431. The highest BCUT2D eigenvalue weighted by atomic mass is 16.5. The van der Waals surface area contributed by atoms with Crippen LogP contribution in [0.2, 0.25) is 0 Å². The summed E-state index contributed by atoms with van der Waals surface area (Å²) in [6, 6.07) is 9.11. The van der Waals surface area contributed by atoms with Gasteiger partial charge in [0.15, 0.2) is 0 Å². The Morgan fingerprint density at radius 2 is 2.22 bits per heavy atom. The zero-order valence-electron chi connectivity index (χ0n) is 12.7. The number of nitrogens with zero attached hydrogens (tertiary/aromatic N) is 2. The maximum Gasteiger partial charge on any atom is 0.325 e. The highest BCUT2D eigenvalue weighted by Crippen LogP contribution is 2.27. The van der Waals surface area contributed by atoms with Crippen molar-refractivity contribution in [1.29, 1.82) is 0 Å². The van der Waals surface area contributed by atoms with Gasteiger partial charge < -0.3 is 14.4 Å². The molecule has 2 heterocycles. The largest absolute Gasteiger partial charge is 0.489 e. The number of pyridine rings is 1. The predicted octanol–water partition coefficient (Wildman–Crippen LogP) is 1.79. The van der Waals surface area contributed by atoms with E-state index in [1.54, 1.807) is 24.5 Å². The van der Waals surface area contributed by atoms with Crippen LogP contribution in [0.4, 0.5) is 0 Å². The summed E-state index contributed by atoms with van der Waals surface area (Å²) in [5.74, 6) is 0.0868. The van der Waals surface area contributed by atoms with Crippen molar-refractivity contribution in [3.63, 3.8) is 0 Å². The number of carbonyl (C=O) groups excluding carboxylic acids is 2. The SMILES string of the molecule is COC(=O)CN1Cc2cc(OCc3cccnc3)ccc2C1=O. The lowest BCUT2D eigenvalue weighted by molar-refractivity contribution is -0.141. The van der Waals surface area contributed by atoms with E-state index in [0.29, 0.717) is 24.5 Å². The molecule has 6 heteroatoms. The summed E-state index contributed by atoms with van der Waals surface area (Å²) >= 11 is 0. The second-order valence-electron chi connectivity index (χ2n) is 5.21. The van der Waals surface area contributed by atoms with Crippen molar-refractivity contribution in [1.82, 2.24) is 9.88 Å². The van der Waals surface area contributed by atoms with Gasteiger partial charge in [-0.15, -0.1) is 0 Å². The fourth-order valence-electron chi connectivity index (χ4n) is 2.45. The Kier molecular flexibility index (Phi) is 4.23. The van der Waals surface area contributed by atoms with Crippen LogP contribution in [0.15, 0.2) is 42.7 Å². The van der Waals surface area contributed by atoms with Crippen molar-refractivity contribution in [2.75, 3.05) is 13.7 Å². The summed E-state index contributed by atoms with van der Waals surface area (Å²) in [6.45, 7) is 0.746. The second kappa shape index (κ2) is 6.48. The first-order valence-corrected chi connectivity index (χ1v) is 7.18. The third kappa shape index (κ3) is 3.31. The van der Waals surface area contributed by atoms with Crippen LogP contribution in [0.5, 0.6) is 5.75 Å². The number of esters is 1. The highest BCUT2D eigenvalue weighted by molar-refractivity contribution is 6.00. The van der Waals surface area contributed by atoms with E-state index < -0.39 is 5.97 Å². The number of aromatic nitrogens is 1. The molecule has 0 saturated carbocycles. The minimum absolute atomic E-state index is 0.0457. The number of hydrogen-bond acceptors (Lipinski definition) is 5. The monoisotopic (exact) mass is 312 g/mol. The van der Waals surface area contributed by atoms with E-state index in [2.05, 4.69) is 9.72 Å². The fourth-order valence-corrected chi connectivity index (χ4v) is 2.45. The third-order valence-electron chi connectivity index (χ3n) is 3.63. The molecule has 3 rings (SSSR count). The number of carbonyl (C=O) groups is 2. The first-order chi connectivity index (χ1) is 11.2. The quantitative estimate of drug-likeness (QED) is 0.787. The molecule has 1 aromatic carbocycles. The lowest BCUT2D eigenvalue weighted by Gasteiger charge is -2.13. The van der Waals surface area contributed by atoms with Gasteiger partial charge in [0.25, 0.3) is 5.91 Å². The molecule has 118 valence electrons. The summed E-state index contributed by atoms with van der Waals surface area (Å²) in [4.78, 5) is 29.0. The van der Waals surface area contributed by atoms with Crippen molar-refractivity contribution in [3.05, 3.63) is 59.4 Å². The molecule has 1 aromatic heterocycles. The summed E-state index contributed by atoms with van der Waals surface area (Å²) in [6.07, 6.45) is 3.45. The van der Waals surface area contributed by atoms with Crippen molar-refractivity contribution >= 4 is 11.9 Å². The normalized spacial score (nSPS) is 12.9. The van der Waals surface area contributed by atoms with Gasteiger partial charge in [-0.05, 0) is 29.8 Å². The first kappa shape index (κ1) is 15.0. The van der Waals surface area contributed by atoms with E-state index in [4.69, 9.17) is 4.74 Å². The van der Waals surface area contributed by atoms with Gasteiger partial charge in [0.2, 0.25) is 0 Å². The van der Waals surface area contributed by atoms with Crippen LogP contribution in [0.25, 0.3) is 0 Å². The molecule has 23 heavy (non-hydrogen) atoms. The lowest BCUT2D eigenvalue weighted by Crippen LogP contribution is -2.30. The molecule has 1 aliphatic rings. The van der Waals surface area contributed by atoms with Gasteiger partial charge in [-0.2, -0.15) is 0 Å². The van der Waals surface area contributed by atoms with Crippen LogP contribution < -0.4 is 4.74 Å². The van der Waals surface area contributed by atoms with Crippen molar-refractivity contribution in [2.45, 2.75) is 13.2 Å². The molecule has 0 radical (unpaired) electrons. The number of hydrogen-bond donors (Lipinski definition) is 0. The molecule has 0 N–H and O–H groups in total. The number of rotatable bonds is 5. The lowest BCUT2D eigenvalue weighted by atomic mass is 10.1. The maximum absolute atomic E-state index is 12.2. The molecular weight excluding hydrogens is 296 g/mol. The Morgan fingerprint density at radius 3 is 2.96 bits per heavy atom. The zero-order chi connectivity index (χ0) is 16.2. The number of methoxy groups -OCH3 is 1. The summed E-state index contributed by atoms with van der Waals surface area (Å²) in [5, 5.41) is 0. The van der Waals surface area contributed by atoms with E-state index in [0.717, 1.165) is 11.1 Å². The van der Waals surface area contributed by atoms with Gasteiger partial charge in [-0.1, -0.05) is 6.07 Å². The standard InChI is InChI=1S/C17H16N2O4/c1-22-16(20)10-19-9-13-7-14(4-5-15(13)17(19)21)23-11-12-3-2-6-18-8-12/h2-8H,9-11H2,1H3. The Bertz CT molecular complexity index is 731. The summed E-state index contributed by atoms with van der Waals surface area (Å²) in [5.41, 5.74) is 2.42. The van der Waals surface area contributed by atoms with Crippen molar-refractivity contribution in [3.8, 4) is 5.75 Å². The van der Waals surface area contributed by atoms with Gasteiger partial charge in [-0.25, -0.2) is 0 Å². The van der Waals surface area contributed by atoms with Gasteiger partial charge in [0.1, 0.15) is 18.9 Å². The maximum atomic E-state index is 12.2. The molecule has 2 aromatic rings. The predicted molar refractivity (Wildman–Crippen MR) is 81.8 cm³/mol. The second-order valence-corrected chi connectivity index (χ2v) is 5.21. The molecule has 0 aliphatic carbocycles. The summed E-state index contributed by atoms with van der Waals surface area (Å²) < 4.78 is 10.3. The van der Waals surface area contributed by atoms with E-state index in [1.165, 1.54) is 12.0 Å². The third-order valence-corrected chi connectivity index (χ3v) is 3.63. The van der Waals surface area contributed by atoms with E-state index >= 15 is 0 Å². The number of amides is 1.